The molecule has 0 saturated heterocycles. The molecule has 0 bridgehead atoms. The summed E-state index contributed by atoms with van der Waals surface area (Å²) < 4.78 is 0. The van der Waals surface area contributed by atoms with Gasteiger partial charge in [0.2, 0.25) is 0 Å². The number of rotatable bonds is 8. The predicted octanol–water partition coefficient (Wildman–Crippen LogP) is 14.6. The Bertz CT molecular complexity index is 1830. The van der Waals surface area contributed by atoms with Gasteiger partial charge in [-0.3, -0.25) is 0 Å². The molecule has 0 amide bonds. The van der Waals surface area contributed by atoms with E-state index in [4.69, 9.17) is 0 Å². The van der Waals surface area contributed by atoms with Crippen molar-refractivity contribution in [2.24, 2.45) is 11.8 Å². The molecule has 0 heterocycles. The number of fused-ring (bicyclic) bond motifs is 2. The molecule has 0 atom stereocenters. The summed E-state index contributed by atoms with van der Waals surface area (Å²) in [6.07, 6.45) is 2.23. The first-order valence-electron chi connectivity index (χ1n) is 17.8. The fourth-order valence-corrected chi connectivity index (χ4v) is 7.94. The molecule has 0 aromatic heterocycles. The van der Waals surface area contributed by atoms with Crippen LogP contribution in [0.1, 0.15) is 104 Å². The van der Waals surface area contributed by atoms with Gasteiger partial charge in [-0.2, -0.15) is 12.1 Å². The third-order valence-electron chi connectivity index (χ3n) is 10.2. The molecule has 6 rings (SSSR count). The van der Waals surface area contributed by atoms with Crippen LogP contribution in [0.3, 0.4) is 0 Å². The van der Waals surface area contributed by atoms with Gasteiger partial charge in [0.25, 0.3) is 0 Å². The minimum absolute atomic E-state index is 0. The van der Waals surface area contributed by atoms with E-state index in [0.717, 1.165) is 12.8 Å². The summed E-state index contributed by atoms with van der Waals surface area (Å²) in [7, 11) is 0. The molecule has 0 aliphatic rings. The van der Waals surface area contributed by atoms with E-state index in [1.54, 1.807) is 0 Å². The summed E-state index contributed by atoms with van der Waals surface area (Å²) in [4.78, 5) is 0. The monoisotopic (exact) mass is 828 g/mol. The maximum absolute atomic E-state index is 2.54. The van der Waals surface area contributed by atoms with Crippen LogP contribution in [0.25, 0.3) is 43.8 Å². The molecule has 0 aliphatic carbocycles. The van der Waals surface area contributed by atoms with Crippen molar-refractivity contribution in [3.05, 3.63) is 146 Å². The van der Waals surface area contributed by atoms with E-state index >= 15 is 0 Å². The molecule has 1 heteroatoms. The molecular formula is C49H60Hf. The second-order valence-corrected chi connectivity index (χ2v) is 17.0. The van der Waals surface area contributed by atoms with Gasteiger partial charge in [-0.25, -0.2) is 0 Å². The normalized spacial score (nSPS) is 12.2. The Balaban J connectivity index is 0.00000225. The van der Waals surface area contributed by atoms with Crippen molar-refractivity contribution in [1.29, 1.82) is 0 Å². The van der Waals surface area contributed by atoms with E-state index in [2.05, 4.69) is 178 Å². The van der Waals surface area contributed by atoms with Gasteiger partial charge in [-0.15, -0.1) is 69.1 Å². The predicted molar refractivity (Wildman–Crippen MR) is 220 cm³/mol. The average molecular weight is 828 g/mol. The van der Waals surface area contributed by atoms with Gasteiger partial charge in [0.15, 0.2) is 0 Å². The van der Waals surface area contributed by atoms with Crippen molar-refractivity contribution in [3.8, 4) is 22.3 Å². The van der Waals surface area contributed by atoms with E-state index in [1.165, 1.54) is 66.1 Å². The number of hydrogen-bond donors (Lipinski definition) is 0. The van der Waals surface area contributed by atoms with Crippen LogP contribution in [0.5, 0.6) is 0 Å². The summed E-state index contributed by atoms with van der Waals surface area (Å²) in [5.41, 5.74) is 11.1. The first kappa shape index (κ1) is 41.4. The summed E-state index contributed by atoms with van der Waals surface area (Å²) in [5, 5.41) is 5.40. The van der Waals surface area contributed by atoms with Crippen molar-refractivity contribution in [2.45, 2.75) is 98.3 Å². The second kappa shape index (κ2) is 15.7. The molecule has 0 aliphatic heterocycles. The van der Waals surface area contributed by atoms with E-state index in [-0.39, 0.29) is 56.9 Å². The van der Waals surface area contributed by atoms with Crippen molar-refractivity contribution >= 4 is 21.5 Å². The van der Waals surface area contributed by atoms with E-state index < -0.39 is 0 Å². The Labute approximate surface area is 324 Å². The molecule has 0 spiro atoms. The Morgan fingerprint density at radius 1 is 0.500 bits per heavy atom. The third-order valence-corrected chi connectivity index (χ3v) is 10.2. The molecule has 260 valence electrons. The van der Waals surface area contributed by atoms with Crippen LogP contribution in [0.4, 0.5) is 0 Å². The van der Waals surface area contributed by atoms with E-state index in [9.17, 15) is 0 Å². The molecule has 6 aromatic rings. The van der Waals surface area contributed by atoms with Gasteiger partial charge >= 0.3 is 25.8 Å². The zero-order chi connectivity index (χ0) is 33.7. The van der Waals surface area contributed by atoms with Crippen molar-refractivity contribution < 1.29 is 25.8 Å². The minimum atomic E-state index is -0.0822. The summed E-state index contributed by atoms with van der Waals surface area (Å²) in [5.74, 6) is 1.11. The molecule has 50 heavy (non-hydrogen) atoms. The Kier molecular flexibility index (Phi) is 13.0. The fraction of sp³-hybridized carbons (Fsp3) is 0.347. The zero-order valence-electron chi connectivity index (χ0n) is 33.0. The molecule has 6 aromatic carbocycles. The number of hydrogen-bond acceptors (Lipinski definition) is 0. The Morgan fingerprint density at radius 3 is 1.14 bits per heavy atom. The third kappa shape index (κ3) is 8.20. The Morgan fingerprint density at radius 2 is 0.840 bits per heavy atom. The standard InChI is InChI=1S/C47H54.2CH3.Hf/c1-31(2)29-47(30-32(3)4,39-25-35-13-11-15-41(43(35)27-39)33-17-21-37(22-18-33)45(5,6)7)40-26-36-14-12-16-42(44(36)28-40)34-19-23-38(24-20-34)46(8,9)10;;;/h11-28,31-32H,29-30H2,1-10H3;2*1H3;/q-2;2*-1;+4. The first-order valence-corrected chi connectivity index (χ1v) is 17.8. The van der Waals surface area contributed by atoms with Crippen molar-refractivity contribution in [1.82, 2.24) is 0 Å². The maximum Gasteiger partial charge on any atom is 4.00 e. The van der Waals surface area contributed by atoms with Gasteiger partial charge < -0.3 is 14.9 Å². The van der Waals surface area contributed by atoms with Crippen LogP contribution < -0.4 is 0 Å². The van der Waals surface area contributed by atoms with Gasteiger partial charge in [-0.05, 0) is 63.2 Å². The molecule has 0 N–H and O–H groups in total. The van der Waals surface area contributed by atoms with Gasteiger partial charge in [-0.1, -0.05) is 141 Å². The molecule has 0 fully saturated rings. The largest absolute Gasteiger partial charge is 4.00 e. The zero-order valence-corrected chi connectivity index (χ0v) is 36.6. The molecule has 0 unspecified atom stereocenters. The van der Waals surface area contributed by atoms with Crippen LogP contribution in [0.15, 0.2) is 109 Å². The topological polar surface area (TPSA) is 0 Å². The molecule has 0 nitrogen and oxygen atoms in total. The minimum Gasteiger partial charge on any atom is -0.358 e. The summed E-state index contributed by atoms with van der Waals surface area (Å²) >= 11 is 0. The fourth-order valence-electron chi connectivity index (χ4n) is 7.94. The van der Waals surface area contributed by atoms with Crippen LogP contribution in [0, 0.1) is 26.7 Å². The number of benzene rings is 4. The van der Waals surface area contributed by atoms with Crippen LogP contribution in [-0.2, 0) is 42.1 Å². The van der Waals surface area contributed by atoms with Crippen LogP contribution >= 0.6 is 0 Å². The van der Waals surface area contributed by atoms with Gasteiger partial charge in [0.1, 0.15) is 0 Å². The van der Waals surface area contributed by atoms with Gasteiger partial charge in [0.05, 0.1) is 0 Å². The van der Waals surface area contributed by atoms with E-state index in [0.29, 0.717) is 11.8 Å². The Hall–Kier alpha value is -3.03. The van der Waals surface area contributed by atoms with Crippen molar-refractivity contribution in [2.75, 3.05) is 0 Å². The average Bonchev–Trinajstić information content (AvgIpc) is 3.65. The summed E-state index contributed by atoms with van der Waals surface area (Å²) in [6, 6.07) is 42.3. The van der Waals surface area contributed by atoms with Crippen LogP contribution in [0.2, 0.25) is 0 Å². The quantitative estimate of drug-likeness (QED) is 0.106. The van der Waals surface area contributed by atoms with Crippen LogP contribution in [-0.4, -0.2) is 0 Å². The van der Waals surface area contributed by atoms with Crippen molar-refractivity contribution in [3.63, 3.8) is 0 Å². The SMILES string of the molecule is CC(C)CC(CC(C)C)(c1cc2c(-c3ccc(C(C)(C)C)cc3)cccc2[cH-]1)c1cc2c(-c3ccc(C(C)(C)C)cc3)cccc2[cH-]1.[CH3-].[CH3-].[Hf+4]. The van der Waals surface area contributed by atoms with Gasteiger partial charge in [0, 0.05) is 0 Å². The second-order valence-electron chi connectivity index (χ2n) is 17.0. The molecule has 0 radical (unpaired) electrons. The maximum atomic E-state index is 2.54. The first-order chi connectivity index (χ1) is 22.2. The summed E-state index contributed by atoms with van der Waals surface area (Å²) in [6.45, 7) is 23.3. The molecular weight excluding hydrogens is 767 g/mol. The van der Waals surface area contributed by atoms with E-state index in [1.807, 2.05) is 0 Å². The molecule has 0 saturated carbocycles. The smallest absolute Gasteiger partial charge is 0.358 e.